The van der Waals surface area contributed by atoms with E-state index in [9.17, 15) is 14.4 Å². The summed E-state index contributed by atoms with van der Waals surface area (Å²) in [5, 5.41) is 6.07. The normalized spacial score (nSPS) is 24.9. The molecule has 4 amide bonds. The zero-order chi connectivity index (χ0) is 15.7. The first-order valence-electron chi connectivity index (χ1n) is 8.14. The number of likely N-dealkylation sites (N-methyl/N-ethyl adjacent to an activating group) is 1. The second kappa shape index (κ2) is 5.87. The van der Waals surface area contributed by atoms with Crippen LogP contribution in [-0.2, 0) is 9.59 Å². The highest BCUT2D eigenvalue weighted by atomic mass is 16.2. The van der Waals surface area contributed by atoms with Gasteiger partial charge in [-0.2, -0.15) is 0 Å². The van der Waals surface area contributed by atoms with Crippen LogP contribution in [0, 0.1) is 0 Å². The molecule has 2 heterocycles. The zero-order valence-electron chi connectivity index (χ0n) is 13.1. The summed E-state index contributed by atoms with van der Waals surface area (Å²) in [7, 11) is 1.77. The summed E-state index contributed by atoms with van der Waals surface area (Å²) in [6.07, 6.45) is 5.09. The summed E-state index contributed by atoms with van der Waals surface area (Å²) < 4.78 is 0. The van der Waals surface area contributed by atoms with Crippen molar-refractivity contribution < 1.29 is 14.4 Å². The molecule has 0 aromatic rings. The van der Waals surface area contributed by atoms with Crippen LogP contribution in [0.15, 0.2) is 0 Å². The summed E-state index contributed by atoms with van der Waals surface area (Å²) in [6.45, 7) is 1.65. The fourth-order valence-corrected chi connectivity index (χ4v) is 3.78. The summed E-state index contributed by atoms with van der Waals surface area (Å²) >= 11 is 0. The van der Waals surface area contributed by atoms with Crippen LogP contribution in [0.4, 0.5) is 4.79 Å². The number of amides is 4. The number of urea groups is 1. The van der Waals surface area contributed by atoms with E-state index < -0.39 is 11.6 Å². The lowest BCUT2D eigenvalue weighted by molar-refractivity contribution is -0.139. The van der Waals surface area contributed by atoms with Gasteiger partial charge in [0.1, 0.15) is 12.1 Å². The molecule has 3 fully saturated rings. The van der Waals surface area contributed by atoms with Gasteiger partial charge in [0.25, 0.3) is 5.91 Å². The Morgan fingerprint density at radius 2 is 1.91 bits per heavy atom. The number of hydrogen-bond acceptors (Lipinski definition) is 4. The van der Waals surface area contributed by atoms with E-state index in [1.807, 2.05) is 0 Å². The third kappa shape index (κ3) is 2.58. The largest absolute Gasteiger partial charge is 0.341 e. The van der Waals surface area contributed by atoms with Crippen LogP contribution in [-0.4, -0.2) is 65.9 Å². The van der Waals surface area contributed by atoms with Crippen LogP contribution in [0.25, 0.3) is 0 Å². The van der Waals surface area contributed by atoms with Gasteiger partial charge in [0.2, 0.25) is 5.91 Å². The molecule has 0 atom stereocenters. The maximum absolute atomic E-state index is 12.5. The molecule has 22 heavy (non-hydrogen) atoms. The fourth-order valence-electron chi connectivity index (χ4n) is 3.78. The molecule has 7 heteroatoms. The Morgan fingerprint density at radius 1 is 1.27 bits per heavy atom. The Hall–Kier alpha value is -1.63. The number of imide groups is 1. The molecule has 3 aliphatic rings. The van der Waals surface area contributed by atoms with Crippen molar-refractivity contribution in [2.45, 2.75) is 50.1 Å². The topological polar surface area (TPSA) is 81.8 Å². The lowest BCUT2D eigenvalue weighted by Gasteiger charge is -2.32. The molecule has 2 N–H and O–H groups in total. The van der Waals surface area contributed by atoms with Gasteiger partial charge >= 0.3 is 6.03 Å². The smallest absolute Gasteiger partial charge is 0.325 e. The molecule has 7 nitrogen and oxygen atoms in total. The molecule has 2 aliphatic heterocycles. The average molecular weight is 308 g/mol. The maximum atomic E-state index is 12.5. The monoisotopic (exact) mass is 308 g/mol. The van der Waals surface area contributed by atoms with Crippen molar-refractivity contribution in [1.82, 2.24) is 20.4 Å². The number of nitrogens with one attached hydrogen (secondary N) is 2. The average Bonchev–Trinajstić information content (AvgIpc) is 3.09. The molecule has 0 aromatic heterocycles. The third-order valence-corrected chi connectivity index (χ3v) is 5.25. The predicted molar refractivity (Wildman–Crippen MR) is 80.1 cm³/mol. The van der Waals surface area contributed by atoms with E-state index >= 15 is 0 Å². The van der Waals surface area contributed by atoms with Crippen molar-refractivity contribution in [1.29, 1.82) is 0 Å². The number of carbonyl (C=O) groups excluding carboxylic acids is 3. The van der Waals surface area contributed by atoms with Crippen LogP contribution < -0.4 is 10.6 Å². The lowest BCUT2D eigenvalue weighted by Crippen LogP contribution is -2.49. The van der Waals surface area contributed by atoms with Crippen LogP contribution in [0.5, 0.6) is 0 Å². The highest BCUT2D eigenvalue weighted by Gasteiger charge is 2.52. The fraction of sp³-hybridized carbons (Fsp3) is 0.800. The van der Waals surface area contributed by atoms with Crippen molar-refractivity contribution in [3.8, 4) is 0 Å². The van der Waals surface area contributed by atoms with Crippen molar-refractivity contribution >= 4 is 17.8 Å². The molecule has 0 aromatic carbocycles. The zero-order valence-corrected chi connectivity index (χ0v) is 13.1. The van der Waals surface area contributed by atoms with Gasteiger partial charge in [-0.25, -0.2) is 4.79 Å². The molecule has 3 rings (SSSR count). The minimum absolute atomic E-state index is 0.146. The Bertz CT molecular complexity index is 481. The van der Waals surface area contributed by atoms with Crippen LogP contribution in [0.2, 0.25) is 0 Å². The minimum atomic E-state index is -0.731. The number of carbonyl (C=O) groups is 3. The van der Waals surface area contributed by atoms with E-state index in [-0.39, 0.29) is 24.4 Å². The van der Waals surface area contributed by atoms with E-state index in [2.05, 4.69) is 10.6 Å². The van der Waals surface area contributed by atoms with E-state index in [0.29, 0.717) is 12.8 Å². The first kappa shape index (κ1) is 15.3. The van der Waals surface area contributed by atoms with Gasteiger partial charge in [0, 0.05) is 13.1 Å². The van der Waals surface area contributed by atoms with Crippen LogP contribution in [0.3, 0.4) is 0 Å². The SMILES string of the molecule is CN(C(=O)CN1C(=O)NC2(CCCC2)C1=O)C1CCNCC1. The van der Waals surface area contributed by atoms with Gasteiger partial charge in [-0.3, -0.25) is 14.5 Å². The van der Waals surface area contributed by atoms with Gasteiger partial charge in [-0.15, -0.1) is 0 Å². The maximum Gasteiger partial charge on any atom is 0.325 e. The summed E-state index contributed by atoms with van der Waals surface area (Å²) in [5.41, 5.74) is -0.731. The third-order valence-electron chi connectivity index (χ3n) is 5.25. The van der Waals surface area contributed by atoms with Crippen LogP contribution >= 0.6 is 0 Å². The number of hydrogen-bond donors (Lipinski definition) is 2. The van der Waals surface area contributed by atoms with E-state index in [4.69, 9.17) is 0 Å². The standard InChI is InChI=1S/C15H24N4O3/c1-18(11-4-8-16-9-5-11)12(20)10-19-13(21)15(17-14(19)22)6-2-3-7-15/h11,16H,2-10H2,1H3,(H,17,22). The molecular formula is C15H24N4O3. The van der Waals surface area contributed by atoms with Gasteiger partial charge in [0.05, 0.1) is 0 Å². The Kier molecular flexibility index (Phi) is 4.08. The van der Waals surface area contributed by atoms with E-state index in [1.54, 1.807) is 11.9 Å². The molecule has 122 valence electrons. The van der Waals surface area contributed by atoms with Crippen LogP contribution in [0.1, 0.15) is 38.5 Å². The van der Waals surface area contributed by atoms with Gasteiger partial charge in [-0.1, -0.05) is 12.8 Å². The van der Waals surface area contributed by atoms with E-state index in [1.165, 1.54) is 0 Å². The quantitative estimate of drug-likeness (QED) is 0.723. The molecular weight excluding hydrogens is 284 g/mol. The molecule has 0 radical (unpaired) electrons. The second-order valence-corrected chi connectivity index (χ2v) is 6.60. The van der Waals surface area contributed by atoms with Crippen molar-refractivity contribution in [2.75, 3.05) is 26.7 Å². The Labute approximate surface area is 130 Å². The van der Waals surface area contributed by atoms with E-state index in [0.717, 1.165) is 43.7 Å². The van der Waals surface area contributed by atoms with Crippen molar-refractivity contribution in [3.63, 3.8) is 0 Å². The Balaban J connectivity index is 1.63. The highest BCUT2D eigenvalue weighted by Crippen LogP contribution is 2.34. The molecule has 1 saturated carbocycles. The predicted octanol–water partition coefficient (Wildman–Crippen LogP) is 0.0614. The van der Waals surface area contributed by atoms with Gasteiger partial charge in [0.15, 0.2) is 0 Å². The first-order valence-corrected chi connectivity index (χ1v) is 8.14. The number of rotatable bonds is 3. The molecule has 0 unspecified atom stereocenters. The molecule has 2 saturated heterocycles. The number of nitrogens with zero attached hydrogens (tertiary/aromatic N) is 2. The molecule has 0 bridgehead atoms. The summed E-state index contributed by atoms with van der Waals surface area (Å²) in [4.78, 5) is 39.9. The lowest BCUT2D eigenvalue weighted by atomic mass is 9.98. The minimum Gasteiger partial charge on any atom is -0.341 e. The summed E-state index contributed by atoms with van der Waals surface area (Å²) in [6, 6.07) is -0.228. The Morgan fingerprint density at radius 3 is 2.55 bits per heavy atom. The first-order chi connectivity index (χ1) is 10.5. The molecule has 1 spiro atoms. The molecule has 1 aliphatic carbocycles. The summed E-state index contributed by atoms with van der Waals surface area (Å²) in [5.74, 6) is -0.382. The number of piperidine rings is 1. The van der Waals surface area contributed by atoms with Gasteiger partial charge in [-0.05, 0) is 38.8 Å². The highest BCUT2D eigenvalue weighted by molar-refractivity contribution is 6.09. The second-order valence-electron chi connectivity index (χ2n) is 6.60. The van der Waals surface area contributed by atoms with Crippen molar-refractivity contribution in [3.05, 3.63) is 0 Å². The van der Waals surface area contributed by atoms with Crippen molar-refractivity contribution in [2.24, 2.45) is 0 Å². The van der Waals surface area contributed by atoms with Gasteiger partial charge < -0.3 is 15.5 Å².